The van der Waals surface area contributed by atoms with Gasteiger partial charge >= 0.3 is 5.97 Å². The fourth-order valence-corrected chi connectivity index (χ4v) is 6.26. The summed E-state index contributed by atoms with van der Waals surface area (Å²) in [5, 5.41) is 10.5. The molecule has 2 N–H and O–H groups in total. The molecule has 1 aliphatic rings. The minimum absolute atomic E-state index is 0.0726. The number of aromatic nitrogens is 2. The van der Waals surface area contributed by atoms with Gasteiger partial charge in [-0.3, -0.25) is 14.4 Å². The zero-order valence-corrected chi connectivity index (χ0v) is 25.7. The highest BCUT2D eigenvalue weighted by molar-refractivity contribution is 8.13. The van der Waals surface area contributed by atoms with Crippen molar-refractivity contribution in [3.05, 3.63) is 33.6 Å². The van der Waals surface area contributed by atoms with Gasteiger partial charge in [0.05, 0.1) is 13.0 Å². The molecule has 2 amide bonds. The maximum Gasteiger partial charge on any atom is 0.329 e. The van der Waals surface area contributed by atoms with Gasteiger partial charge < -0.3 is 15.4 Å². The van der Waals surface area contributed by atoms with Crippen molar-refractivity contribution in [3.63, 3.8) is 0 Å². The summed E-state index contributed by atoms with van der Waals surface area (Å²) < 4.78 is 5.72. The number of nitrogens with one attached hydrogen (secondary N) is 2. The third-order valence-electron chi connectivity index (χ3n) is 6.19. The van der Waals surface area contributed by atoms with Crippen molar-refractivity contribution < 1.29 is 23.9 Å². The van der Waals surface area contributed by atoms with Crippen LogP contribution in [0.4, 0.5) is 0 Å². The second-order valence-electron chi connectivity index (χ2n) is 9.92. The predicted molar refractivity (Wildman–Crippen MR) is 160 cm³/mol. The first-order valence-electron chi connectivity index (χ1n) is 13.8. The molecule has 0 saturated carbocycles. The standard InChI is InChI=1S/C28H38N4O5S3/c1-4-5-6-7-8-12-24(34)38-13-10-9-11-19-14-22(33)29-15-23-30-21(17-39-23)27-31-20(16-40-27)26(35)32-25(18(2)3)28(36)37-19/h9,11,16-19,25H,4-8,10,12-15H2,1-3H3,(H,29,33)(H,32,35)/b11-9+/t19-,25+/m1/s1. The van der Waals surface area contributed by atoms with E-state index >= 15 is 0 Å². The maximum atomic E-state index is 13.1. The van der Waals surface area contributed by atoms with Gasteiger partial charge in [0, 0.05) is 22.9 Å². The van der Waals surface area contributed by atoms with Crippen molar-refractivity contribution in [2.45, 2.75) is 90.8 Å². The number of esters is 1. The molecule has 218 valence electrons. The van der Waals surface area contributed by atoms with E-state index in [0.717, 1.165) is 12.8 Å². The number of amides is 2. The van der Waals surface area contributed by atoms with Crippen molar-refractivity contribution in [2.24, 2.45) is 5.92 Å². The quantitative estimate of drug-likeness (QED) is 0.195. The third-order valence-corrected chi connectivity index (χ3v) is 8.87. The van der Waals surface area contributed by atoms with Gasteiger partial charge in [-0.1, -0.05) is 64.3 Å². The van der Waals surface area contributed by atoms with E-state index in [4.69, 9.17) is 4.74 Å². The summed E-state index contributed by atoms with van der Waals surface area (Å²) in [7, 11) is 0. The summed E-state index contributed by atoms with van der Waals surface area (Å²) in [6.45, 7) is 6.02. The highest BCUT2D eigenvalue weighted by Gasteiger charge is 2.29. The number of cyclic esters (lactones) is 1. The molecule has 0 saturated heterocycles. The Labute approximate surface area is 248 Å². The molecule has 0 unspecified atom stereocenters. The van der Waals surface area contributed by atoms with Crippen molar-refractivity contribution in [3.8, 4) is 10.7 Å². The first-order valence-corrected chi connectivity index (χ1v) is 16.5. The van der Waals surface area contributed by atoms with Crippen LogP contribution in [0.3, 0.4) is 0 Å². The number of nitrogens with zero attached hydrogens (tertiary/aromatic N) is 2. The summed E-state index contributed by atoms with van der Waals surface area (Å²) in [6, 6.07) is -0.916. The number of carbonyl (C=O) groups excluding carboxylic acids is 4. The number of allylic oxidation sites excluding steroid dienone is 1. The van der Waals surface area contributed by atoms with Gasteiger partial charge in [-0.15, -0.1) is 22.7 Å². The zero-order chi connectivity index (χ0) is 28.9. The normalized spacial score (nSPS) is 18.6. The average molecular weight is 607 g/mol. The molecule has 3 rings (SSSR count). The van der Waals surface area contributed by atoms with Crippen molar-refractivity contribution in [2.75, 3.05) is 5.75 Å². The van der Waals surface area contributed by atoms with Crippen molar-refractivity contribution in [1.82, 2.24) is 20.6 Å². The SMILES string of the molecule is CCCCCCCC(=O)SCC/C=C/[C@@H]1CC(=O)NCc2nc(cs2)-c2nc(cs2)C(=O)N[C@@H](C(C)C)C(=O)O1. The molecular formula is C28H38N4O5S3. The number of hydrogen-bond donors (Lipinski definition) is 2. The lowest BCUT2D eigenvalue weighted by Gasteiger charge is -2.23. The van der Waals surface area contributed by atoms with Crippen molar-refractivity contribution >= 4 is 57.3 Å². The maximum absolute atomic E-state index is 13.1. The Balaban J connectivity index is 1.64. The van der Waals surface area contributed by atoms with E-state index in [2.05, 4.69) is 27.5 Å². The van der Waals surface area contributed by atoms with Crippen molar-refractivity contribution in [1.29, 1.82) is 0 Å². The minimum atomic E-state index is -0.916. The molecule has 0 spiro atoms. The third kappa shape index (κ3) is 10.4. The Morgan fingerprint density at radius 1 is 1.12 bits per heavy atom. The van der Waals surface area contributed by atoms with Crippen LogP contribution in [0.25, 0.3) is 10.7 Å². The summed E-state index contributed by atoms with van der Waals surface area (Å²) >= 11 is 3.99. The average Bonchev–Trinajstić information content (AvgIpc) is 3.59. The van der Waals surface area contributed by atoms with Gasteiger partial charge in [-0.05, 0) is 24.8 Å². The van der Waals surface area contributed by atoms with Gasteiger partial charge in [-0.2, -0.15) is 0 Å². The number of thiazole rings is 2. The van der Waals surface area contributed by atoms with Crippen LogP contribution in [0.2, 0.25) is 0 Å². The lowest BCUT2D eigenvalue weighted by molar-refractivity contribution is -0.151. The fraction of sp³-hybridized carbons (Fsp3) is 0.571. The van der Waals surface area contributed by atoms with Gasteiger partial charge in [-0.25, -0.2) is 14.8 Å². The number of carbonyl (C=O) groups is 4. The van der Waals surface area contributed by atoms with E-state index in [-0.39, 0.29) is 35.6 Å². The molecule has 3 heterocycles. The van der Waals surface area contributed by atoms with Crippen LogP contribution in [-0.2, 0) is 25.7 Å². The molecule has 40 heavy (non-hydrogen) atoms. The Morgan fingerprint density at radius 3 is 2.67 bits per heavy atom. The monoisotopic (exact) mass is 606 g/mol. The molecule has 1 aliphatic heterocycles. The molecule has 2 atom stereocenters. The number of thioether (sulfide) groups is 1. The Hall–Kier alpha value is -2.57. The van der Waals surface area contributed by atoms with E-state index < -0.39 is 24.0 Å². The van der Waals surface area contributed by atoms with Crippen LogP contribution in [0, 0.1) is 5.92 Å². The topological polar surface area (TPSA) is 127 Å². The largest absolute Gasteiger partial charge is 0.456 e. The molecule has 4 bridgehead atoms. The molecule has 0 radical (unpaired) electrons. The number of ether oxygens (including phenoxy) is 1. The lowest BCUT2D eigenvalue weighted by atomic mass is 10.0. The van der Waals surface area contributed by atoms with E-state index in [1.165, 1.54) is 53.7 Å². The minimum Gasteiger partial charge on any atom is -0.456 e. The highest BCUT2D eigenvalue weighted by atomic mass is 32.2. The Morgan fingerprint density at radius 2 is 1.90 bits per heavy atom. The van der Waals surface area contributed by atoms with Gasteiger partial charge in [0.2, 0.25) is 5.91 Å². The van der Waals surface area contributed by atoms with E-state index in [1.807, 2.05) is 25.3 Å². The summed E-state index contributed by atoms with van der Waals surface area (Å²) in [6.07, 6.45) is 9.37. The van der Waals surface area contributed by atoms with E-state index in [0.29, 0.717) is 34.3 Å². The fourth-order valence-electron chi connectivity index (χ4n) is 3.93. The van der Waals surface area contributed by atoms with Gasteiger partial charge in [0.25, 0.3) is 5.91 Å². The molecule has 12 heteroatoms. The molecular weight excluding hydrogens is 569 g/mol. The summed E-state index contributed by atoms with van der Waals surface area (Å²) in [5.41, 5.74) is 0.844. The van der Waals surface area contributed by atoms with Crippen LogP contribution >= 0.6 is 34.4 Å². The van der Waals surface area contributed by atoms with Crippen LogP contribution in [-0.4, -0.2) is 50.8 Å². The highest BCUT2D eigenvalue weighted by Crippen LogP contribution is 2.26. The lowest BCUT2D eigenvalue weighted by Crippen LogP contribution is -2.46. The number of rotatable bonds is 11. The molecule has 2 aromatic rings. The number of hydrogen-bond acceptors (Lipinski definition) is 10. The molecule has 0 aromatic carbocycles. The predicted octanol–water partition coefficient (Wildman–Crippen LogP) is 5.52. The van der Waals surface area contributed by atoms with Crippen LogP contribution in [0.1, 0.15) is 87.6 Å². The number of fused-ring (bicyclic) bond motifs is 5. The second-order valence-corrected chi connectivity index (χ2v) is 12.9. The van der Waals surface area contributed by atoms with E-state index in [9.17, 15) is 19.2 Å². The van der Waals surface area contributed by atoms with Crippen LogP contribution in [0.5, 0.6) is 0 Å². The van der Waals surface area contributed by atoms with Crippen LogP contribution in [0.15, 0.2) is 22.9 Å². The van der Waals surface area contributed by atoms with Crippen LogP contribution < -0.4 is 10.6 Å². The van der Waals surface area contributed by atoms with E-state index in [1.54, 1.807) is 11.5 Å². The zero-order valence-electron chi connectivity index (χ0n) is 23.3. The molecule has 9 nitrogen and oxygen atoms in total. The first-order chi connectivity index (χ1) is 19.3. The first kappa shape index (κ1) is 32.0. The number of unbranched alkanes of at least 4 members (excludes halogenated alkanes) is 4. The summed E-state index contributed by atoms with van der Waals surface area (Å²) in [5.74, 6) is -1.02. The molecule has 0 aliphatic carbocycles. The smallest absolute Gasteiger partial charge is 0.329 e. The second kappa shape index (κ2) is 16.6. The Kier molecular flexibility index (Phi) is 13.3. The summed E-state index contributed by atoms with van der Waals surface area (Å²) in [4.78, 5) is 59.8. The van der Waals surface area contributed by atoms with Gasteiger partial charge in [0.1, 0.15) is 33.5 Å². The molecule has 0 fully saturated rings. The van der Waals surface area contributed by atoms with Gasteiger partial charge in [0.15, 0.2) is 5.12 Å². The Bertz CT molecular complexity index is 1180. The molecule has 2 aromatic heterocycles.